The molecule has 1 amide bonds. The van der Waals surface area contributed by atoms with Gasteiger partial charge in [-0.25, -0.2) is 13.1 Å². The second-order valence-corrected chi connectivity index (χ2v) is 8.89. The molecular weight excluding hydrogens is 437 g/mol. The Labute approximate surface area is 169 Å². The lowest BCUT2D eigenvalue weighted by Gasteiger charge is -2.09. The first kappa shape index (κ1) is 22.5. The molecule has 2 aromatic rings. The number of thioether (sulfide) groups is 1. The van der Waals surface area contributed by atoms with E-state index in [1.54, 1.807) is 17.4 Å². The fourth-order valence-electron chi connectivity index (χ4n) is 2.03. The molecule has 0 heterocycles. The standard InChI is InChI=1S/C17H16ClF3N2O3S2/c18-13-3-5-14(6-4-13)27-10-9-23-28(25,26)15-7-1-12(2-8-15)16(24)22-11-17(19,20)21/h1-8,23H,9-11H2,(H,22,24). The highest BCUT2D eigenvalue weighted by Gasteiger charge is 2.28. The van der Waals surface area contributed by atoms with Gasteiger partial charge in [-0.15, -0.1) is 11.8 Å². The molecule has 0 aliphatic carbocycles. The van der Waals surface area contributed by atoms with E-state index in [1.165, 1.54) is 11.8 Å². The van der Waals surface area contributed by atoms with Gasteiger partial charge >= 0.3 is 6.18 Å². The molecule has 11 heteroatoms. The summed E-state index contributed by atoms with van der Waals surface area (Å²) in [4.78, 5) is 12.5. The van der Waals surface area contributed by atoms with Crippen LogP contribution in [0.5, 0.6) is 0 Å². The molecule has 0 bridgehead atoms. The SMILES string of the molecule is O=C(NCC(F)(F)F)c1ccc(S(=O)(=O)NCCSc2ccc(Cl)cc2)cc1. The molecule has 2 aromatic carbocycles. The highest BCUT2D eigenvalue weighted by molar-refractivity contribution is 7.99. The van der Waals surface area contributed by atoms with Gasteiger partial charge in [0.15, 0.2) is 0 Å². The molecular formula is C17H16ClF3N2O3S2. The second-order valence-electron chi connectivity index (χ2n) is 5.52. The summed E-state index contributed by atoms with van der Waals surface area (Å²) in [6.07, 6.45) is -4.52. The van der Waals surface area contributed by atoms with Gasteiger partial charge in [0.25, 0.3) is 5.91 Å². The van der Waals surface area contributed by atoms with E-state index in [-0.39, 0.29) is 17.0 Å². The van der Waals surface area contributed by atoms with E-state index in [0.717, 1.165) is 29.2 Å². The van der Waals surface area contributed by atoms with Gasteiger partial charge in [0.1, 0.15) is 6.54 Å². The fourth-order valence-corrected chi connectivity index (χ4v) is 4.08. The number of sulfonamides is 1. The maximum absolute atomic E-state index is 12.2. The molecule has 152 valence electrons. The number of carbonyl (C=O) groups excluding carboxylic acids is 1. The highest BCUT2D eigenvalue weighted by Crippen LogP contribution is 2.20. The van der Waals surface area contributed by atoms with Crippen molar-refractivity contribution in [2.24, 2.45) is 0 Å². The summed E-state index contributed by atoms with van der Waals surface area (Å²) in [5.41, 5.74) is -0.0681. The number of nitrogens with one attached hydrogen (secondary N) is 2. The van der Waals surface area contributed by atoms with Crippen LogP contribution in [0, 0.1) is 0 Å². The first-order valence-electron chi connectivity index (χ1n) is 7.90. The normalized spacial score (nSPS) is 12.0. The molecule has 0 saturated carbocycles. The maximum Gasteiger partial charge on any atom is 0.405 e. The van der Waals surface area contributed by atoms with E-state index < -0.39 is 28.7 Å². The zero-order valence-corrected chi connectivity index (χ0v) is 16.7. The second kappa shape index (κ2) is 9.64. The van der Waals surface area contributed by atoms with Gasteiger partial charge in [0, 0.05) is 27.8 Å². The van der Waals surface area contributed by atoms with E-state index in [1.807, 2.05) is 12.1 Å². The van der Waals surface area contributed by atoms with Crippen molar-refractivity contribution in [1.29, 1.82) is 0 Å². The summed E-state index contributed by atoms with van der Waals surface area (Å²) in [7, 11) is -3.80. The summed E-state index contributed by atoms with van der Waals surface area (Å²) in [5, 5.41) is 2.33. The first-order valence-corrected chi connectivity index (χ1v) is 10.7. The molecule has 0 saturated heterocycles. The number of benzene rings is 2. The van der Waals surface area contributed by atoms with E-state index >= 15 is 0 Å². The summed E-state index contributed by atoms with van der Waals surface area (Å²) in [6.45, 7) is -1.29. The minimum absolute atomic E-state index is 0.0681. The molecule has 2 N–H and O–H groups in total. The molecule has 0 aliphatic rings. The molecule has 0 radical (unpaired) electrons. The minimum Gasteiger partial charge on any atom is -0.343 e. The number of alkyl halides is 3. The van der Waals surface area contributed by atoms with Crippen LogP contribution in [0.4, 0.5) is 13.2 Å². The molecule has 0 atom stereocenters. The highest BCUT2D eigenvalue weighted by atomic mass is 35.5. The zero-order chi connectivity index (χ0) is 20.8. The number of rotatable bonds is 8. The van der Waals surface area contributed by atoms with Gasteiger partial charge in [-0.2, -0.15) is 13.2 Å². The Bertz CT molecular complexity index is 903. The van der Waals surface area contributed by atoms with E-state index in [0.29, 0.717) is 10.8 Å². The van der Waals surface area contributed by atoms with Crippen molar-refractivity contribution in [3.8, 4) is 0 Å². The van der Waals surface area contributed by atoms with Gasteiger partial charge in [-0.05, 0) is 48.5 Å². The van der Waals surface area contributed by atoms with Crippen molar-refractivity contribution >= 4 is 39.3 Å². The van der Waals surface area contributed by atoms with Gasteiger partial charge in [0.2, 0.25) is 10.0 Å². The molecule has 0 unspecified atom stereocenters. The number of carbonyl (C=O) groups is 1. The number of hydrogen-bond donors (Lipinski definition) is 2. The van der Waals surface area contributed by atoms with Crippen LogP contribution in [-0.2, 0) is 10.0 Å². The Hall–Kier alpha value is -1.75. The van der Waals surface area contributed by atoms with Crippen molar-refractivity contribution in [3.05, 3.63) is 59.1 Å². The molecule has 0 aliphatic heterocycles. The lowest BCUT2D eigenvalue weighted by atomic mass is 10.2. The molecule has 2 rings (SSSR count). The number of amides is 1. The van der Waals surface area contributed by atoms with Crippen molar-refractivity contribution in [3.63, 3.8) is 0 Å². The maximum atomic E-state index is 12.2. The van der Waals surface area contributed by atoms with Crippen LogP contribution in [0.2, 0.25) is 5.02 Å². The largest absolute Gasteiger partial charge is 0.405 e. The summed E-state index contributed by atoms with van der Waals surface area (Å²) < 4.78 is 63.3. The topological polar surface area (TPSA) is 75.3 Å². The minimum atomic E-state index is -4.52. The average Bonchev–Trinajstić information content (AvgIpc) is 2.64. The van der Waals surface area contributed by atoms with Crippen LogP contribution in [0.3, 0.4) is 0 Å². The summed E-state index contributed by atoms with van der Waals surface area (Å²) in [5.74, 6) is -0.452. The molecule has 0 fully saturated rings. The summed E-state index contributed by atoms with van der Waals surface area (Å²) >= 11 is 7.24. The number of hydrogen-bond acceptors (Lipinski definition) is 4. The van der Waals surface area contributed by atoms with Crippen LogP contribution in [0.25, 0.3) is 0 Å². The van der Waals surface area contributed by atoms with E-state index in [9.17, 15) is 26.4 Å². The molecule has 5 nitrogen and oxygen atoms in total. The van der Waals surface area contributed by atoms with Crippen LogP contribution in [0.15, 0.2) is 58.3 Å². The molecule has 0 aromatic heterocycles. The monoisotopic (exact) mass is 452 g/mol. The van der Waals surface area contributed by atoms with Gasteiger partial charge in [-0.1, -0.05) is 11.6 Å². The van der Waals surface area contributed by atoms with Crippen LogP contribution in [0.1, 0.15) is 10.4 Å². The predicted octanol–water partition coefficient (Wildman–Crippen LogP) is 3.70. The smallest absolute Gasteiger partial charge is 0.343 e. The lowest BCUT2D eigenvalue weighted by molar-refractivity contribution is -0.123. The zero-order valence-electron chi connectivity index (χ0n) is 14.3. The summed E-state index contributed by atoms with van der Waals surface area (Å²) in [6, 6.07) is 11.8. The third-order valence-corrected chi connectivity index (χ3v) is 6.10. The van der Waals surface area contributed by atoms with Crippen molar-refractivity contribution in [2.45, 2.75) is 16.0 Å². The van der Waals surface area contributed by atoms with Crippen LogP contribution >= 0.6 is 23.4 Å². The van der Waals surface area contributed by atoms with Crippen molar-refractivity contribution in [1.82, 2.24) is 10.0 Å². The predicted molar refractivity (Wildman–Crippen MR) is 102 cm³/mol. The van der Waals surface area contributed by atoms with E-state index in [2.05, 4.69) is 4.72 Å². The Morgan fingerprint density at radius 2 is 1.64 bits per heavy atom. The Morgan fingerprint density at radius 3 is 2.21 bits per heavy atom. The van der Waals surface area contributed by atoms with Crippen LogP contribution in [-0.4, -0.2) is 39.3 Å². The van der Waals surface area contributed by atoms with Crippen LogP contribution < -0.4 is 10.0 Å². The average molecular weight is 453 g/mol. The number of halogens is 4. The first-order chi connectivity index (χ1) is 13.1. The quantitative estimate of drug-likeness (QED) is 0.473. The third kappa shape index (κ3) is 7.34. The molecule has 0 spiro atoms. The Balaban J connectivity index is 1.87. The van der Waals surface area contributed by atoms with Crippen molar-refractivity contribution in [2.75, 3.05) is 18.8 Å². The van der Waals surface area contributed by atoms with Gasteiger partial charge in [0.05, 0.1) is 4.90 Å². The molecule has 28 heavy (non-hydrogen) atoms. The fraction of sp³-hybridized carbons (Fsp3) is 0.235. The van der Waals surface area contributed by atoms with Crippen molar-refractivity contribution < 1.29 is 26.4 Å². The van der Waals surface area contributed by atoms with Gasteiger partial charge in [-0.3, -0.25) is 4.79 Å². The Kier molecular flexibility index (Phi) is 7.76. The van der Waals surface area contributed by atoms with E-state index in [4.69, 9.17) is 11.6 Å². The lowest BCUT2D eigenvalue weighted by Crippen LogP contribution is -2.33. The Morgan fingerprint density at radius 1 is 1.04 bits per heavy atom. The van der Waals surface area contributed by atoms with Gasteiger partial charge < -0.3 is 5.32 Å². The third-order valence-electron chi connectivity index (χ3n) is 3.35.